The van der Waals surface area contributed by atoms with Crippen LogP contribution in [0.4, 0.5) is 4.79 Å². The predicted molar refractivity (Wildman–Crippen MR) is 110 cm³/mol. The van der Waals surface area contributed by atoms with Crippen LogP contribution in [0.2, 0.25) is 0 Å². The molecule has 1 aliphatic rings. The summed E-state index contributed by atoms with van der Waals surface area (Å²) in [7, 11) is 4.73. The van der Waals surface area contributed by atoms with E-state index >= 15 is 0 Å². The number of nitrogens with zero attached hydrogens (tertiary/aromatic N) is 2. The first-order valence-corrected chi connectivity index (χ1v) is 9.53. The van der Waals surface area contributed by atoms with Gasteiger partial charge in [0.15, 0.2) is 11.5 Å². The molecule has 0 aromatic heterocycles. The zero-order chi connectivity index (χ0) is 21.7. The maximum Gasteiger partial charge on any atom is 0.325 e. The zero-order valence-electron chi connectivity index (χ0n) is 17.3. The Morgan fingerprint density at radius 1 is 1.03 bits per heavy atom. The average molecular weight is 411 g/mol. The van der Waals surface area contributed by atoms with E-state index in [9.17, 15) is 14.4 Å². The number of rotatable bonds is 8. The van der Waals surface area contributed by atoms with Crippen LogP contribution in [0.1, 0.15) is 17.5 Å². The first-order chi connectivity index (χ1) is 14.4. The van der Waals surface area contributed by atoms with E-state index in [0.717, 1.165) is 10.5 Å². The monoisotopic (exact) mass is 411 g/mol. The molecule has 1 N–H and O–H groups in total. The van der Waals surface area contributed by atoms with Crippen LogP contribution in [0.5, 0.6) is 11.5 Å². The molecular formula is C22H25N3O5. The number of benzene rings is 2. The molecule has 0 spiro atoms. The quantitative estimate of drug-likeness (QED) is 0.673. The second-order valence-electron chi connectivity index (χ2n) is 7.06. The van der Waals surface area contributed by atoms with Crippen LogP contribution in [0.3, 0.4) is 0 Å². The topological polar surface area (TPSA) is 88.2 Å². The number of hydrogen-bond donors (Lipinski definition) is 1. The molecule has 0 bridgehead atoms. The van der Waals surface area contributed by atoms with Gasteiger partial charge >= 0.3 is 6.03 Å². The fraction of sp³-hybridized carbons (Fsp3) is 0.318. The van der Waals surface area contributed by atoms with Crippen molar-refractivity contribution in [3.8, 4) is 11.5 Å². The van der Waals surface area contributed by atoms with Crippen LogP contribution in [0, 0.1) is 0 Å². The molecule has 1 saturated heterocycles. The number of amides is 4. The Labute approximate surface area is 175 Å². The van der Waals surface area contributed by atoms with Crippen LogP contribution in [0.15, 0.2) is 48.5 Å². The zero-order valence-corrected chi connectivity index (χ0v) is 17.3. The number of carbonyl (C=O) groups is 3. The van der Waals surface area contributed by atoms with Crippen molar-refractivity contribution in [1.29, 1.82) is 0 Å². The summed E-state index contributed by atoms with van der Waals surface area (Å²) in [5, 5.41) is 2.61. The highest BCUT2D eigenvalue weighted by atomic mass is 16.5. The van der Waals surface area contributed by atoms with Gasteiger partial charge in [-0.3, -0.25) is 14.5 Å². The van der Waals surface area contributed by atoms with E-state index in [4.69, 9.17) is 9.47 Å². The van der Waals surface area contributed by atoms with Gasteiger partial charge in [-0.25, -0.2) is 4.79 Å². The number of carbonyl (C=O) groups excluding carboxylic acids is 3. The molecule has 158 valence electrons. The van der Waals surface area contributed by atoms with Crippen LogP contribution >= 0.6 is 0 Å². The molecule has 1 heterocycles. The number of urea groups is 1. The molecule has 1 atom stereocenters. The Morgan fingerprint density at radius 3 is 2.40 bits per heavy atom. The lowest BCUT2D eigenvalue weighted by Crippen LogP contribution is -2.37. The van der Waals surface area contributed by atoms with Gasteiger partial charge in [-0.2, -0.15) is 0 Å². The van der Waals surface area contributed by atoms with Crippen LogP contribution < -0.4 is 14.8 Å². The first-order valence-electron chi connectivity index (χ1n) is 9.53. The molecule has 3 rings (SSSR count). The maximum absolute atomic E-state index is 12.7. The number of nitrogens with one attached hydrogen (secondary N) is 1. The van der Waals surface area contributed by atoms with Crippen LogP contribution in [-0.2, 0) is 22.7 Å². The maximum atomic E-state index is 12.7. The molecule has 4 amide bonds. The van der Waals surface area contributed by atoms with E-state index < -0.39 is 18.0 Å². The molecule has 30 heavy (non-hydrogen) atoms. The summed E-state index contributed by atoms with van der Waals surface area (Å²) < 4.78 is 10.5. The number of ether oxygens (including phenoxy) is 2. The first kappa shape index (κ1) is 21.2. The molecule has 0 aliphatic carbocycles. The third-order valence-electron chi connectivity index (χ3n) is 4.96. The Balaban J connectivity index is 1.62. The minimum atomic E-state index is -0.872. The van der Waals surface area contributed by atoms with Crippen molar-refractivity contribution in [3.63, 3.8) is 0 Å². The highest BCUT2D eigenvalue weighted by molar-refractivity contribution is 6.05. The molecule has 2 aromatic rings. The number of methoxy groups -OCH3 is 2. The minimum Gasteiger partial charge on any atom is -0.493 e. The molecule has 8 nitrogen and oxygen atoms in total. The van der Waals surface area contributed by atoms with Gasteiger partial charge in [0.25, 0.3) is 5.91 Å². The van der Waals surface area contributed by atoms with Crippen molar-refractivity contribution in [3.05, 3.63) is 59.7 Å². The molecule has 0 radical (unpaired) electrons. The van der Waals surface area contributed by atoms with Crippen molar-refractivity contribution in [1.82, 2.24) is 15.1 Å². The second kappa shape index (κ2) is 9.30. The summed E-state index contributed by atoms with van der Waals surface area (Å²) >= 11 is 0. The largest absolute Gasteiger partial charge is 0.493 e. The van der Waals surface area contributed by atoms with Crippen LogP contribution in [-0.4, -0.2) is 55.0 Å². The van der Waals surface area contributed by atoms with E-state index in [2.05, 4.69) is 5.32 Å². The SMILES string of the molecule is COc1ccc(CN2C(=O)N[C@H](CC(=O)N(C)Cc3ccccc3)C2=O)cc1OC. The number of imide groups is 1. The van der Waals surface area contributed by atoms with Gasteiger partial charge in [0.1, 0.15) is 6.04 Å². The van der Waals surface area contributed by atoms with E-state index in [-0.39, 0.29) is 18.9 Å². The van der Waals surface area contributed by atoms with Gasteiger partial charge < -0.3 is 19.7 Å². The lowest BCUT2D eigenvalue weighted by Gasteiger charge is -2.19. The van der Waals surface area contributed by atoms with Crippen molar-refractivity contribution in [2.45, 2.75) is 25.6 Å². The Bertz CT molecular complexity index is 932. The fourth-order valence-corrected chi connectivity index (χ4v) is 3.30. The highest BCUT2D eigenvalue weighted by Gasteiger charge is 2.39. The van der Waals surface area contributed by atoms with E-state index in [0.29, 0.717) is 23.6 Å². The smallest absolute Gasteiger partial charge is 0.325 e. The van der Waals surface area contributed by atoms with Gasteiger partial charge in [-0.1, -0.05) is 36.4 Å². The minimum absolute atomic E-state index is 0.0789. The summed E-state index contributed by atoms with van der Waals surface area (Å²) in [5.74, 6) is 0.432. The van der Waals surface area contributed by atoms with Crippen molar-refractivity contribution >= 4 is 17.8 Å². The van der Waals surface area contributed by atoms with E-state index in [1.54, 1.807) is 30.1 Å². The van der Waals surface area contributed by atoms with E-state index in [1.165, 1.54) is 14.2 Å². The third-order valence-corrected chi connectivity index (χ3v) is 4.96. The van der Waals surface area contributed by atoms with Gasteiger partial charge in [0.05, 0.1) is 27.2 Å². The summed E-state index contributed by atoms with van der Waals surface area (Å²) in [5.41, 5.74) is 1.70. The van der Waals surface area contributed by atoms with Crippen molar-refractivity contribution in [2.75, 3.05) is 21.3 Å². The molecular weight excluding hydrogens is 386 g/mol. The van der Waals surface area contributed by atoms with Crippen molar-refractivity contribution < 1.29 is 23.9 Å². The summed E-state index contributed by atoms with van der Waals surface area (Å²) in [6, 6.07) is 13.4. The standard InChI is InChI=1S/C22H25N3O5/c1-24(13-15-7-5-4-6-8-15)20(26)12-17-21(27)25(22(28)23-17)14-16-9-10-18(29-2)19(11-16)30-3/h4-11,17H,12-14H2,1-3H3,(H,23,28)/t17-/m1/s1. The third kappa shape index (κ3) is 4.71. The molecule has 1 fully saturated rings. The molecule has 2 aromatic carbocycles. The van der Waals surface area contributed by atoms with Gasteiger partial charge in [-0.05, 0) is 23.3 Å². The average Bonchev–Trinajstić information content (AvgIpc) is 3.01. The Morgan fingerprint density at radius 2 is 1.73 bits per heavy atom. The lowest BCUT2D eigenvalue weighted by atomic mass is 10.1. The Kier molecular flexibility index (Phi) is 6.56. The fourth-order valence-electron chi connectivity index (χ4n) is 3.30. The molecule has 0 unspecified atom stereocenters. The summed E-state index contributed by atoms with van der Waals surface area (Å²) in [4.78, 5) is 40.3. The summed E-state index contributed by atoms with van der Waals surface area (Å²) in [6.07, 6.45) is -0.0870. The van der Waals surface area contributed by atoms with Gasteiger partial charge in [0.2, 0.25) is 5.91 Å². The van der Waals surface area contributed by atoms with Crippen LogP contribution in [0.25, 0.3) is 0 Å². The van der Waals surface area contributed by atoms with Gasteiger partial charge in [0, 0.05) is 13.6 Å². The normalized spacial score (nSPS) is 15.7. The number of hydrogen-bond acceptors (Lipinski definition) is 5. The molecule has 1 aliphatic heterocycles. The lowest BCUT2D eigenvalue weighted by molar-refractivity contribution is -0.135. The molecule has 8 heteroatoms. The van der Waals surface area contributed by atoms with Gasteiger partial charge in [-0.15, -0.1) is 0 Å². The molecule has 0 saturated carbocycles. The summed E-state index contributed by atoms with van der Waals surface area (Å²) in [6.45, 7) is 0.513. The highest BCUT2D eigenvalue weighted by Crippen LogP contribution is 2.28. The Hall–Kier alpha value is -3.55. The van der Waals surface area contributed by atoms with Crippen molar-refractivity contribution in [2.24, 2.45) is 0 Å². The predicted octanol–water partition coefficient (Wildman–Crippen LogP) is 2.17. The second-order valence-corrected chi connectivity index (χ2v) is 7.06. The van der Waals surface area contributed by atoms with E-state index in [1.807, 2.05) is 30.3 Å².